The molecule has 0 N–H and O–H groups in total. The first-order valence-electron chi connectivity index (χ1n) is 7.34. The summed E-state index contributed by atoms with van der Waals surface area (Å²) in [5.41, 5.74) is 1.42. The first kappa shape index (κ1) is 13.9. The van der Waals surface area contributed by atoms with E-state index in [-0.39, 0.29) is 40.5 Å². The molecular weight excluding hydrogens is 300 g/mol. The molecular formula is C17H16O4S. The van der Waals surface area contributed by atoms with Gasteiger partial charge in [0, 0.05) is 11.5 Å². The summed E-state index contributed by atoms with van der Waals surface area (Å²) >= 11 is 0. The van der Waals surface area contributed by atoms with Crippen molar-refractivity contribution in [3.8, 4) is 0 Å². The van der Waals surface area contributed by atoms with Crippen LogP contribution in [0, 0.1) is 18.8 Å². The van der Waals surface area contributed by atoms with Gasteiger partial charge in [0.25, 0.3) is 0 Å². The third-order valence-electron chi connectivity index (χ3n) is 4.69. The molecule has 3 aliphatic rings. The molecule has 1 aromatic rings. The smallest absolute Gasteiger partial charge is 0.182 e. The van der Waals surface area contributed by atoms with Gasteiger partial charge in [-0.25, -0.2) is 8.42 Å². The van der Waals surface area contributed by atoms with E-state index in [9.17, 15) is 13.2 Å². The Bertz CT molecular complexity index is 802. The highest BCUT2D eigenvalue weighted by molar-refractivity contribution is 7.91. The molecule has 0 radical (unpaired) electrons. The summed E-state index contributed by atoms with van der Waals surface area (Å²) < 4.78 is 30.7. The number of fused-ring (bicyclic) bond motifs is 5. The lowest BCUT2D eigenvalue weighted by molar-refractivity contribution is -0.119. The Balaban J connectivity index is 1.60. The molecule has 0 amide bonds. The number of aryl methyl sites for hydroxylation is 1. The lowest BCUT2D eigenvalue weighted by Gasteiger charge is -2.14. The van der Waals surface area contributed by atoms with Crippen LogP contribution in [0.5, 0.6) is 0 Å². The van der Waals surface area contributed by atoms with E-state index in [4.69, 9.17) is 4.74 Å². The van der Waals surface area contributed by atoms with Crippen molar-refractivity contribution in [2.45, 2.75) is 24.0 Å². The fourth-order valence-corrected chi connectivity index (χ4v) is 4.91. The average Bonchev–Trinajstić information content (AvgIpc) is 3.14. The number of hydrogen-bond donors (Lipinski definition) is 0. The molecule has 2 bridgehead atoms. The number of sulfone groups is 1. The molecule has 1 fully saturated rings. The summed E-state index contributed by atoms with van der Waals surface area (Å²) in [4.78, 5) is 12.8. The number of ketones is 1. The molecule has 2 aliphatic heterocycles. The first-order valence-corrected chi connectivity index (χ1v) is 8.99. The van der Waals surface area contributed by atoms with Crippen molar-refractivity contribution in [1.29, 1.82) is 0 Å². The van der Waals surface area contributed by atoms with Crippen LogP contribution in [0.3, 0.4) is 0 Å². The number of carbonyl (C=O) groups is 1. The molecule has 1 saturated heterocycles. The van der Waals surface area contributed by atoms with Gasteiger partial charge in [-0.1, -0.05) is 35.9 Å². The van der Waals surface area contributed by atoms with Crippen LogP contribution in [0.15, 0.2) is 53.0 Å². The van der Waals surface area contributed by atoms with Crippen LogP contribution in [-0.2, 0) is 19.4 Å². The van der Waals surface area contributed by atoms with E-state index in [0.29, 0.717) is 5.57 Å². The average molecular weight is 316 g/mol. The van der Waals surface area contributed by atoms with Gasteiger partial charge in [0.05, 0.1) is 28.8 Å². The topological polar surface area (TPSA) is 60.4 Å². The zero-order chi connectivity index (χ0) is 15.5. The van der Waals surface area contributed by atoms with Gasteiger partial charge in [0.1, 0.15) is 0 Å². The maximum Gasteiger partial charge on any atom is 0.182 e. The summed E-state index contributed by atoms with van der Waals surface area (Å²) in [5.74, 6) is -0.511. The minimum atomic E-state index is -3.49. The van der Waals surface area contributed by atoms with Gasteiger partial charge in [-0.3, -0.25) is 4.79 Å². The Morgan fingerprint density at radius 3 is 2.45 bits per heavy atom. The van der Waals surface area contributed by atoms with Crippen molar-refractivity contribution in [1.82, 2.24) is 0 Å². The minimum absolute atomic E-state index is 0.00529. The number of ether oxygens (including phenoxy) is 1. The van der Waals surface area contributed by atoms with E-state index in [1.54, 1.807) is 24.3 Å². The molecule has 0 spiro atoms. The number of Topliss-reactive ketones (excluding diaryl/α,β-unsaturated/α-hetero) is 1. The van der Waals surface area contributed by atoms with Gasteiger partial charge in [-0.05, 0) is 19.1 Å². The van der Waals surface area contributed by atoms with E-state index in [2.05, 4.69) is 0 Å². The van der Waals surface area contributed by atoms with Crippen LogP contribution in [0.25, 0.3) is 0 Å². The zero-order valence-corrected chi connectivity index (χ0v) is 12.9. The molecule has 1 aromatic carbocycles. The highest BCUT2D eigenvalue weighted by atomic mass is 32.2. The van der Waals surface area contributed by atoms with Crippen LogP contribution < -0.4 is 0 Å². The molecule has 0 unspecified atom stereocenters. The summed E-state index contributed by atoms with van der Waals surface area (Å²) in [6.07, 6.45) is 5.44. The Hall–Kier alpha value is -1.72. The molecule has 1 aliphatic carbocycles. The van der Waals surface area contributed by atoms with Gasteiger partial charge in [-0.2, -0.15) is 0 Å². The summed E-state index contributed by atoms with van der Waals surface area (Å²) in [7, 11) is -3.49. The Morgan fingerprint density at radius 1 is 1.09 bits per heavy atom. The van der Waals surface area contributed by atoms with E-state index in [1.807, 2.05) is 25.2 Å². The van der Waals surface area contributed by atoms with Crippen molar-refractivity contribution >= 4 is 15.6 Å². The molecule has 5 heteroatoms. The van der Waals surface area contributed by atoms with Crippen LogP contribution in [0.4, 0.5) is 0 Å². The van der Waals surface area contributed by atoms with Crippen LogP contribution in [0.1, 0.15) is 5.56 Å². The SMILES string of the molecule is Cc1ccc(S(=O)(=O)CC2=C[C@@H]3[C@H](C2=O)[C@H]2C=C[C@@H]3O2)cc1. The standard InChI is InChI=1S/C17H16O4S/c1-10-2-4-12(5-3-10)22(19,20)9-11-8-13-14-6-7-15(21-14)16(13)17(11)18/h2-8,13-16H,9H2,1H3/t13-,14-,15+,16-/m0/s1. The predicted molar refractivity (Wildman–Crippen MR) is 81.1 cm³/mol. The molecule has 0 aromatic heterocycles. The maximum atomic E-state index is 12.5. The van der Waals surface area contributed by atoms with E-state index in [0.717, 1.165) is 5.56 Å². The van der Waals surface area contributed by atoms with E-state index >= 15 is 0 Å². The second-order valence-corrected chi connectivity index (χ2v) is 8.17. The highest BCUT2D eigenvalue weighted by Gasteiger charge is 2.52. The molecule has 114 valence electrons. The van der Waals surface area contributed by atoms with Gasteiger partial charge >= 0.3 is 0 Å². The van der Waals surface area contributed by atoms with Gasteiger partial charge in [0.2, 0.25) is 0 Å². The van der Waals surface area contributed by atoms with Crippen molar-refractivity contribution < 1.29 is 17.9 Å². The Morgan fingerprint density at radius 2 is 1.77 bits per heavy atom. The lowest BCUT2D eigenvalue weighted by Crippen LogP contribution is -2.26. The van der Waals surface area contributed by atoms with Crippen LogP contribution in [-0.4, -0.2) is 32.2 Å². The molecule has 4 atom stereocenters. The van der Waals surface area contributed by atoms with Crippen molar-refractivity contribution in [3.63, 3.8) is 0 Å². The fourth-order valence-electron chi connectivity index (χ4n) is 3.54. The fraction of sp³-hybridized carbons (Fsp3) is 0.353. The van der Waals surface area contributed by atoms with Crippen molar-refractivity contribution in [2.75, 3.05) is 5.75 Å². The van der Waals surface area contributed by atoms with Gasteiger partial charge in [-0.15, -0.1) is 0 Å². The second-order valence-electron chi connectivity index (χ2n) is 6.18. The summed E-state index contributed by atoms with van der Waals surface area (Å²) in [5, 5.41) is 0. The molecule has 4 nitrogen and oxygen atoms in total. The number of rotatable bonds is 3. The third kappa shape index (κ3) is 2.00. The molecule has 0 saturated carbocycles. The monoisotopic (exact) mass is 316 g/mol. The molecule has 4 rings (SSSR count). The third-order valence-corrected chi connectivity index (χ3v) is 6.37. The van der Waals surface area contributed by atoms with Gasteiger partial charge in [0.15, 0.2) is 15.6 Å². The highest BCUT2D eigenvalue weighted by Crippen LogP contribution is 2.45. The predicted octanol–water partition coefficient (Wildman–Crippen LogP) is 1.85. The zero-order valence-electron chi connectivity index (χ0n) is 12.1. The van der Waals surface area contributed by atoms with Crippen LogP contribution in [0.2, 0.25) is 0 Å². The lowest BCUT2D eigenvalue weighted by atomic mass is 9.85. The second kappa shape index (κ2) is 4.64. The number of hydrogen-bond acceptors (Lipinski definition) is 4. The van der Waals surface area contributed by atoms with Gasteiger partial charge < -0.3 is 4.74 Å². The Labute approximate surface area is 129 Å². The Kier molecular flexibility index (Phi) is 2.93. The summed E-state index contributed by atoms with van der Waals surface area (Å²) in [6, 6.07) is 6.73. The van der Waals surface area contributed by atoms with Crippen molar-refractivity contribution in [2.24, 2.45) is 11.8 Å². The van der Waals surface area contributed by atoms with E-state index in [1.165, 1.54) is 0 Å². The minimum Gasteiger partial charge on any atom is -0.365 e. The maximum absolute atomic E-state index is 12.5. The van der Waals surface area contributed by atoms with Crippen LogP contribution >= 0.6 is 0 Å². The molecule has 22 heavy (non-hydrogen) atoms. The van der Waals surface area contributed by atoms with E-state index < -0.39 is 9.84 Å². The number of benzene rings is 1. The first-order chi connectivity index (χ1) is 10.5. The normalized spacial score (nSPS) is 32.4. The quantitative estimate of drug-likeness (QED) is 0.799. The van der Waals surface area contributed by atoms with Crippen molar-refractivity contribution in [3.05, 3.63) is 53.6 Å². The molecule has 2 heterocycles. The number of carbonyl (C=O) groups excluding carboxylic acids is 1. The summed E-state index contributed by atoms with van der Waals surface area (Å²) in [6.45, 7) is 1.91. The largest absolute Gasteiger partial charge is 0.365 e.